The lowest BCUT2D eigenvalue weighted by Crippen LogP contribution is -2.34. The van der Waals surface area contributed by atoms with Crippen LogP contribution >= 0.6 is 11.6 Å². The molecule has 0 aliphatic rings. The number of halogens is 1. The predicted molar refractivity (Wildman–Crippen MR) is 107 cm³/mol. The van der Waals surface area contributed by atoms with E-state index in [1.165, 1.54) is 5.56 Å². The van der Waals surface area contributed by atoms with Crippen molar-refractivity contribution in [1.82, 2.24) is 4.90 Å². The molecule has 0 aliphatic carbocycles. The minimum absolute atomic E-state index is 0.142. The van der Waals surface area contributed by atoms with E-state index in [9.17, 15) is 4.79 Å². The molecule has 0 saturated carbocycles. The van der Waals surface area contributed by atoms with Gasteiger partial charge < -0.3 is 10.2 Å². The number of carbonyl (C=O) groups is 1. The Hall–Kier alpha value is -2.78. The molecule has 0 saturated heterocycles. The molecule has 0 unspecified atom stereocenters. The second-order valence-corrected chi connectivity index (χ2v) is 6.70. The van der Waals surface area contributed by atoms with E-state index in [0.717, 1.165) is 16.8 Å². The Morgan fingerprint density at radius 3 is 2.04 bits per heavy atom. The van der Waals surface area contributed by atoms with Crippen LogP contribution in [0.1, 0.15) is 16.7 Å². The van der Waals surface area contributed by atoms with E-state index in [-0.39, 0.29) is 6.03 Å². The summed E-state index contributed by atoms with van der Waals surface area (Å²) in [5.41, 5.74) is 4.11. The SMILES string of the molecule is Cc1ccc(CN(Cc2ccccc2)C(=O)Nc2ccc(Cl)cc2)cc1. The second-order valence-electron chi connectivity index (χ2n) is 6.26. The molecule has 0 aliphatic heterocycles. The van der Waals surface area contributed by atoms with Crippen LogP contribution in [0.3, 0.4) is 0 Å². The maximum absolute atomic E-state index is 12.9. The van der Waals surface area contributed by atoms with Gasteiger partial charge in [0.05, 0.1) is 0 Å². The molecule has 2 amide bonds. The first kappa shape index (κ1) is 18.0. The molecule has 4 heteroatoms. The lowest BCUT2D eigenvalue weighted by atomic mass is 10.1. The number of hydrogen-bond acceptors (Lipinski definition) is 1. The van der Waals surface area contributed by atoms with Gasteiger partial charge in [-0.2, -0.15) is 0 Å². The third-order valence-corrected chi connectivity index (χ3v) is 4.34. The van der Waals surface area contributed by atoms with Gasteiger partial charge >= 0.3 is 6.03 Å². The van der Waals surface area contributed by atoms with Crippen molar-refractivity contribution in [1.29, 1.82) is 0 Å². The van der Waals surface area contributed by atoms with E-state index in [4.69, 9.17) is 11.6 Å². The molecule has 0 fully saturated rings. The highest BCUT2D eigenvalue weighted by Gasteiger charge is 2.15. The van der Waals surface area contributed by atoms with Gasteiger partial charge in [-0.15, -0.1) is 0 Å². The largest absolute Gasteiger partial charge is 0.322 e. The average Bonchev–Trinajstić information content (AvgIpc) is 2.65. The Morgan fingerprint density at radius 1 is 0.846 bits per heavy atom. The molecule has 0 heterocycles. The van der Waals surface area contributed by atoms with Crippen molar-refractivity contribution in [2.45, 2.75) is 20.0 Å². The van der Waals surface area contributed by atoms with Gasteiger partial charge in [0, 0.05) is 23.8 Å². The Kier molecular flexibility index (Phi) is 5.92. The van der Waals surface area contributed by atoms with Crippen molar-refractivity contribution in [3.8, 4) is 0 Å². The first-order valence-corrected chi connectivity index (χ1v) is 8.89. The Morgan fingerprint density at radius 2 is 1.42 bits per heavy atom. The Bertz CT molecular complexity index is 846. The molecule has 0 spiro atoms. The first-order chi connectivity index (χ1) is 12.6. The van der Waals surface area contributed by atoms with Crippen LogP contribution in [0.5, 0.6) is 0 Å². The number of urea groups is 1. The van der Waals surface area contributed by atoms with E-state index < -0.39 is 0 Å². The summed E-state index contributed by atoms with van der Waals surface area (Å²) in [7, 11) is 0. The van der Waals surface area contributed by atoms with E-state index in [1.54, 1.807) is 29.2 Å². The van der Waals surface area contributed by atoms with Crippen LogP contribution in [0.15, 0.2) is 78.9 Å². The molecular weight excluding hydrogens is 344 g/mol. The third kappa shape index (κ3) is 5.11. The maximum atomic E-state index is 12.9. The normalized spacial score (nSPS) is 10.4. The van der Waals surface area contributed by atoms with Crippen LogP contribution in [0.4, 0.5) is 10.5 Å². The van der Waals surface area contributed by atoms with Gasteiger partial charge in [0.25, 0.3) is 0 Å². The summed E-state index contributed by atoms with van der Waals surface area (Å²) in [6.07, 6.45) is 0. The van der Waals surface area contributed by atoms with Crippen LogP contribution in [0.2, 0.25) is 5.02 Å². The molecule has 0 radical (unpaired) electrons. The Balaban J connectivity index is 1.77. The highest BCUT2D eigenvalue weighted by atomic mass is 35.5. The van der Waals surface area contributed by atoms with E-state index in [1.807, 2.05) is 30.3 Å². The molecule has 26 heavy (non-hydrogen) atoms. The summed E-state index contributed by atoms with van der Waals surface area (Å²) < 4.78 is 0. The van der Waals surface area contributed by atoms with Crippen LogP contribution in [0, 0.1) is 6.92 Å². The van der Waals surface area contributed by atoms with Crippen LogP contribution in [-0.2, 0) is 13.1 Å². The highest BCUT2D eigenvalue weighted by molar-refractivity contribution is 6.30. The molecular formula is C22H21ClN2O. The Labute approximate surface area is 159 Å². The third-order valence-electron chi connectivity index (χ3n) is 4.09. The first-order valence-electron chi connectivity index (χ1n) is 8.51. The summed E-state index contributed by atoms with van der Waals surface area (Å²) in [6, 6.07) is 25.2. The summed E-state index contributed by atoms with van der Waals surface area (Å²) >= 11 is 5.92. The molecule has 3 aromatic rings. The standard InChI is InChI=1S/C22H21ClN2O/c1-17-7-9-19(10-8-17)16-25(15-18-5-3-2-4-6-18)22(26)24-21-13-11-20(23)12-14-21/h2-14H,15-16H2,1H3,(H,24,26). The molecule has 1 N–H and O–H groups in total. The van der Waals surface area contributed by atoms with Crippen molar-refractivity contribution in [2.24, 2.45) is 0 Å². The van der Waals surface area contributed by atoms with Crippen LogP contribution < -0.4 is 5.32 Å². The van der Waals surface area contributed by atoms with Gasteiger partial charge in [-0.3, -0.25) is 0 Å². The van der Waals surface area contributed by atoms with Crippen molar-refractivity contribution < 1.29 is 4.79 Å². The number of carbonyl (C=O) groups excluding carboxylic acids is 1. The number of nitrogens with one attached hydrogen (secondary N) is 1. The quantitative estimate of drug-likeness (QED) is 0.602. The summed E-state index contributed by atoms with van der Waals surface area (Å²) in [4.78, 5) is 14.7. The fraction of sp³-hybridized carbons (Fsp3) is 0.136. The van der Waals surface area contributed by atoms with E-state index in [2.05, 4.69) is 36.5 Å². The number of nitrogens with zero attached hydrogens (tertiary/aromatic N) is 1. The summed E-state index contributed by atoms with van der Waals surface area (Å²) in [6.45, 7) is 3.13. The molecule has 0 aromatic heterocycles. The zero-order chi connectivity index (χ0) is 18.4. The number of hydrogen-bond donors (Lipinski definition) is 1. The molecule has 3 rings (SSSR count). The number of amides is 2. The molecule has 132 valence electrons. The van der Waals surface area contributed by atoms with Gasteiger partial charge in [0.2, 0.25) is 0 Å². The van der Waals surface area contributed by atoms with Crippen molar-refractivity contribution in [3.05, 3.63) is 101 Å². The fourth-order valence-corrected chi connectivity index (χ4v) is 2.78. The minimum atomic E-state index is -0.142. The number of aryl methyl sites for hydroxylation is 1. The fourth-order valence-electron chi connectivity index (χ4n) is 2.65. The topological polar surface area (TPSA) is 32.3 Å². The van der Waals surface area contributed by atoms with E-state index in [0.29, 0.717) is 18.1 Å². The highest BCUT2D eigenvalue weighted by Crippen LogP contribution is 2.16. The molecule has 3 nitrogen and oxygen atoms in total. The summed E-state index contributed by atoms with van der Waals surface area (Å²) in [5.74, 6) is 0. The number of anilines is 1. The monoisotopic (exact) mass is 364 g/mol. The molecule has 0 bridgehead atoms. The maximum Gasteiger partial charge on any atom is 0.322 e. The minimum Gasteiger partial charge on any atom is -0.316 e. The predicted octanol–water partition coefficient (Wildman–Crippen LogP) is 5.88. The van der Waals surface area contributed by atoms with Crippen molar-refractivity contribution in [3.63, 3.8) is 0 Å². The van der Waals surface area contributed by atoms with Crippen LogP contribution in [-0.4, -0.2) is 10.9 Å². The van der Waals surface area contributed by atoms with Crippen molar-refractivity contribution >= 4 is 23.3 Å². The van der Waals surface area contributed by atoms with Gasteiger partial charge in [0.15, 0.2) is 0 Å². The van der Waals surface area contributed by atoms with Crippen molar-refractivity contribution in [2.75, 3.05) is 5.32 Å². The molecule has 3 aromatic carbocycles. The lowest BCUT2D eigenvalue weighted by Gasteiger charge is -2.23. The van der Waals surface area contributed by atoms with E-state index >= 15 is 0 Å². The smallest absolute Gasteiger partial charge is 0.316 e. The molecule has 0 atom stereocenters. The van der Waals surface area contributed by atoms with Gasteiger partial charge in [-0.25, -0.2) is 4.79 Å². The van der Waals surface area contributed by atoms with Gasteiger partial charge in [-0.05, 0) is 42.3 Å². The second kappa shape index (κ2) is 8.54. The van der Waals surface area contributed by atoms with Gasteiger partial charge in [-0.1, -0.05) is 71.8 Å². The zero-order valence-electron chi connectivity index (χ0n) is 14.7. The van der Waals surface area contributed by atoms with Crippen LogP contribution in [0.25, 0.3) is 0 Å². The average molecular weight is 365 g/mol. The van der Waals surface area contributed by atoms with Gasteiger partial charge in [0.1, 0.15) is 0 Å². The number of rotatable bonds is 5. The summed E-state index contributed by atoms with van der Waals surface area (Å²) in [5, 5.41) is 3.59. The lowest BCUT2D eigenvalue weighted by molar-refractivity contribution is 0.206. The number of benzene rings is 3. The zero-order valence-corrected chi connectivity index (χ0v) is 15.4.